The standard InChI is InChI=1S/C20H35N5O2/c1-4-22-20(23-13-16-9-10-18(27-16)19(21)26)24-14-17(15(2)3)25-11-7-5-6-8-12-25/h9-10,15,17H,4-8,11-14H2,1-3H3,(H2,21,26)(H2,22,23,24). The van der Waals surface area contributed by atoms with Crippen molar-refractivity contribution in [2.45, 2.75) is 59.0 Å². The number of nitrogens with one attached hydrogen (secondary N) is 2. The highest BCUT2D eigenvalue weighted by atomic mass is 16.3. The summed E-state index contributed by atoms with van der Waals surface area (Å²) in [6.45, 7) is 11.0. The maximum absolute atomic E-state index is 11.1. The molecule has 1 aliphatic rings. The second-order valence-electron chi connectivity index (χ2n) is 7.47. The van der Waals surface area contributed by atoms with Crippen LogP contribution in [-0.4, -0.2) is 49.0 Å². The lowest BCUT2D eigenvalue weighted by Crippen LogP contribution is -2.49. The lowest BCUT2D eigenvalue weighted by molar-refractivity contribution is 0.0972. The largest absolute Gasteiger partial charge is 0.454 e. The first-order valence-corrected chi connectivity index (χ1v) is 10.2. The molecule has 152 valence electrons. The van der Waals surface area contributed by atoms with Crippen LogP contribution in [0.2, 0.25) is 0 Å². The van der Waals surface area contributed by atoms with E-state index in [4.69, 9.17) is 10.2 Å². The number of primary amides is 1. The molecule has 1 fully saturated rings. The molecule has 1 aromatic heterocycles. The van der Waals surface area contributed by atoms with E-state index < -0.39 is 5.91 Å². The molecule has 1 unspecified atom stereocenters. The van der Waals surface area contributed by atoms with E-state index in [1.54, 1.807) is 12.1 Å². The van der Waals surface area contributed by atoms with E-state index >= 15 is 0 Å². The third-order valence-electron chi connectivity index (χ3n) is 5.00. The Labute approximate surface area is 162 Å². The molecule has 1 saturated heterocycles. The van der Waals surface area contributed by atoms with Gasteiger partial charge in [-0.3, -0.25) is 9.69 Å². The summed E-state index contributed by atoms with van der Waals surface area (Å²) in [5.74, 6) is 1.55. The van der Waals surface area contributed by atoms with E-state index in [9.17, 15) is 4.79 Å². The second-order valence-corrected chi connectivity index (χ2v) is 7.47. The Morgan fingerprint density at radius 3 is 2.48 bits per heavy atom. The van der Waals surface area contributed by atoms with Gasteiger partial charge in [0.1, 0.15) is 12.3 Å². The number of nitrogens with two attached hydrogens (primary N) is 1. The van der Waals surface area contributed by atoms with Gasteiger partial charge in [0, 0.05) is 19.1 Å². The first-order valence-electron chi connectivity index (χ1n) is 10.2. The number of rotatable bonds is 8. The molecule has 4 N–H and O–H groups in total. The van der Waals surface area contributed by atoms with Crippen LogP contribution in [-0.2, 0) is 6.54 Å². The molecule has 7 heteroatoms. The Bertz CT molecular complexity index is 603. The smallest absolute Gasteiger partial charge is 0.284 e. The minimum absolute atomic E-state index is 0.166. The summed E-state index contributed by atoms with van der Waals surface area (Å²) in [5.41, 5.74) is 5.22. The van der Waals surface area contributed by atoms with Gasteiger partial charge in [-0.25, -0.2) is 4.99 Å². The molecular weight excluding hydrogens is 342 g/mol. The maximum atomic E-state index is 11.1. The Morgan fingerprint density at radius 2 is 1.93 bits per heavy atom. The zero-order valence-corrected chi connectivity index (χ0v) is 17.0. The molecule has 1 atom stereocenters. The molecule has 0 aromatic carbocycles. The van der Waals surface area contributed by atoms with Crippen LogP contribution < -0.4 is 16.4 Å². The number of hydrogen-bond donors (Lipinski definition) is 3. The molecular formula is C20H35N5O2. The van der Waals surface area contributed by atoms with Crippen molar-refractivity contribution in [1.82, 2.24) is 15.5 Å². The van der Waals surface area contributed by atoms with E-state index in [1.807, 2.05) is 6.92 Å². The molecule has 0 spiro atoms. The average molecular weight is 378 g/mol. The van der Waals surface area contributed by atoms with Gasteiger partial charge in [0.25, 0.3) is 5.91 Å². The third kappa shape index (κ3) is 6.90. The highest BCUT2D eigenvalue weighted by molar-refractivity contribution is 5.89. The molecule has 1 aliphatic heterocycles. The number of nitrogens with zero attached hydrogens (tertiary/aromatic N) is 2. The summed E-state index contributed by atoms with van der Waals surface area (Å²) in [7, 11) is 0. The monoisotopic (exact) mass is 377 g/mol. The zero-order valence-electron chi connectivity index (χ0n) is 17.0. The van der Waals surface area contributed by atoms with Crippen molar-refractivity contribution >= 4 is 11.9 Å². The van der Waals surface area contributed by atoms with Gasteiger partial charge in [-0.05, 0) is 50.9 Å². The van der Waals surface area contributed by atoms with Crippen LogP contribution in [0.4, 0.5) is 0 Å². The molecule has 0 aliphatic carbocycles. The molecule has 7 nitrogen and oxygen atoms in total. The number of guanidine groups is 1. The Balaban J connectivity index is 1.96. The molecule has 0 bridgehead atoms. The Morgan fingerprint density at radius 1 is 1.22 bits per heavy atom. The van der Waals surface area contributed by atoms with Crippen LogP contribution in [0.5, 0.6) is 0 Å². The number of furan rings is 1. The van der Waals surface area contributed by atoms with E-state index in [0.29, 0.717) is 24.3 Å². The van der Waals surface area contributed by atoms with Crippen molar-refractivity contribution in [3.05, 3.63) is 23.7 Å². The zero-order chi connectivity index (χ0) is 19.6. The maximum Gasteiger partial charge on any atom is 0.284 e. The first kappa shape index (κ1) is 21.3. The van der Waals surface area contributed by atoms with E-state index in [-0.39, 0.29) is 5.76 Å². The summed E-state index contributed by atoms with van der Waals surface area (Å²) < 4.78 is 5.40. The summed E-state index contributed by atoms with van der Waals surface area (Å²) >= 11 is 0. The Kier molecular flexibility index (Phi) is 8.64. The first-order chi connectivity index (χ1) is 13.0. The minimum atomic E-state index is -0.563. The van der Waals surface area contributed by atoms with Crippen LogP contribution in [0.3, 0.4) is 0 Å². The van der Waals surface area contributed by atoms with Crippen LogP contribution >= 0.6 is 0 Å². The summed E-state index contributed by atoms with van der Waals surface area (Å²) in [5, 5.41) is 6.76. The van der Waals surface area contributed by atoms with Crippen LogP contribution in [0.25, 0.3) is 0 Å². The van der Waals surface area contributed by atoms with Gasteiger partial charge in [-0.15, -0.1) is 0 Å². The number of amides is 1. The fourth-order valence-corrected chi connectivity index (χ4v) is 3.51. The van der Waals surface area contributed by atoms with E-state index in [0.717, 1.165) is 19.0 Å². The SMILES string of the molecule is CCNC(=NCc1ccc(C(N)=O)o1)NCC(C(C)C)N1CCCCCC1. The summed E-state index contributed by atoms with van der Waals surface area (Å²) in [6.07, 6.45) is 5.26. The highest BCUT2D eigenvalue weighted by Crippen LogP contribution is 2.17. The number of aliphatic imine (C=N–C) groups is 1. The van der Waals surface area contributed by atoms with Gasteiger partial charge in [-0.1, -0.05) is 26.7 Å². The van der Waals surface area contributed by atoms with Crippen LogP contribution in [0.1, 0.15) is 62.8 Å². The highest BCUT2D eigenvalue weighted by Gasteiger charge is 2.22. The molecule has 2 rings (SSSR count). The minimum Gasteiger partial charge on any atom is -0.454 e. The quantitative estimate of drug-likeness (QED) is 0.477. The molecule has 27 heavy (non-hydrogen) atoms. The number of likely N-dealkylation sites (tertiary alicyclic amines) is 1. The van der Waals surface area contributed by atoms with Crippen molar-refractivity contribution in [2.24, 2.45) is 16.6 Å². The lowest BCUT2D eigenvalue weighted by atomic mass is 10.0. The van der Waals surface area contributed by atoms with Gasteiger partial charge in [0.05, 0.1) is 0 Å². The fourth-order valence-electron chi connectivity index (χ4n) is 3.51. The molecule has 1 amide bonds. The summed E-state index contributed by atoms with van der Waals surface area (Å²) in [6, 6.07) is 3.81. The molecule has 0 saturated carbocycles. The molecule has 2 heterocycles. The van der Waals surface area contributed by atoms with Crippen molar-refractivity contribution in [3.63, 3.8) is 0 Å². The molecule has 0 radical (unpaired) electrons. The third-order valence-corrected chi connectivity index (χ3v) is 5.00. The van der Waals surface area contributed by atoms with E-state index in [2.05, 4.69) is 34.4 Å². The number of hydrogen-bond acceptors (Lipinski definition) is 4. The van der Waals surface area contributed by atoms with Gasteiger partial charge >= 0.3 is 0 Å². The van der Waals surface area contributed by atoms with Gasteiger partial charge in [0.15, 0.2) is 11.7 Å². The average Bonchev–Trinajstić information content (AvgIpc) is 2.95. The summed E-state index contributed by atoms with van der Waals surface area (Å²) in [4.78, 5) is 18.3. The van der Waals surface area contributed by atoms with Crippen molar-refractivity contribution in [1.29, 1.82) is 0 Å². The Hall–Kier alpha value is -2.02. The second kappa shape index (κ2) is 11.0. The van der Waals surface area contributed by atoms with Crippen molar-refractivity contribution in [2.75, 3.05) is 26.2 Å². The van der Waals surface area contributed by atoms with Crippen LogP contribution in [0, 0.1) is 5.92 Å². The van der Waals surface area contributed by atoms with Crippen LogP contribution in [0.15, 0.2) is 21.5 Å². The molecule has 1 aromatic rings. The predicted molar refractivity (Wildman–Crippen MR) is 109 cm³/mol. The van der Waals surface area contributed by atoms with Crippen molar-refractivity contribution in [3.8, 4) is 0 Å². The predicted octanol–water partition coefficient (Wildman–Crippen LogP) is 2.33. The fraction of sp³-hybridized carbons (Fsp3) is 0.700. The van der Waals surface area contributed by atoms with Gasteiger partial charge < -0.3 is 20.8 Å². The van der Waals surface area contributed by atoms with Gasteiger partial charge in [-0.2, -0.15) is 0 Å². The topological polar surface area (TPSA) is 95.9 Å². The van der Waals surface area contributed by atoms with Gasteiger partial charge in [0.2, 0.25) is 0 Å². The lowest BCUT2D eigenvalue weighted by Gasteiger charge is -2.34. The van der Waals surface area contributed by atoms with E-state index in [1.165, 1.54) is 38.8 Å². The van der Waals surface area contributed by atoms with Crippen molar-refractivity contribution < 1.29 is 9.21 Å². The normalized spacial score (nSPS) is 17.6. The number of carbonyl (C=O) groups is 1. The number of carbonyl (C=O) groups excluding carboxylic acids is 1.